The first kappa shape index (κ1) is 14.1. The zero-order valence-corrected chi connectivity index (χ0v) is 12.6. The SMILES string of the molecule is COC(C)c1nc(Cl)cc(-c2ccc3c(c2)OCCO3)n1. The molecule has 0 spiro atoms. The van der Waals surface area contributed by atoms with Crippen molar-refractivity contribution in [2.75, 3.05) is 20.3 Å². The lowest BCUT2D eigenvalue weighted by molar-refractivity contribution is 0.112. The summed E-state index contributed by atoms with van der Waals surface area (Å²) in [5.74, 6) is 2.01. The van der Waals surface area contributed by atoms with E-state index in [-0.39, 0.29) is 6.10 Å². The van der Waals surface area contributed by atoms with Crippen LogP contribution < -0.4 is 9.47 Å². The van der Waals surface area contributed by atoms with Gasteiger partial charge in [0, 0.05) is 18.7 Å². The molecule has 0 N–H and O–H groups in total. The molecule has 5 nitrogen and oxygen atoms in total. The minimum atomic E-state index is -0.223. The topological polar surface area (TPSA) is 53.5 Å². The summed E-state index contributed by atoms with van der Waals surface area (Å²) >= 11 is 6.08. The number of rotatable bonds is 3. The fourth-order valence-corrected chi connectivity index (χ4v) is 2.26. The van der Waals surface area contributed by atoms with Gasteiger partial charge in [0.2, 0.25) is 0 Å². The summed E-state index contributed by atoms with van der Waals surface area (Å²) in [4.78, 5) is 8.70. The van der Waals surface area contributed by atoms with Gasteiger partial charge in [-0.2, -0.15) is 0 Å². The fourth-order valence-electron chi connectivity index (χ4n) is 2.07. The van der Waals surface area contributed by atoms with E-state index in [1.807, 2.05) is 25.1 Å². The van der Waals surface area contributed by atoms with Crippen molar-refractivity contribution in [1.29, 1.82) is 0 Å². The van der Waals surface area contributed by atoms with Crippen LogP contribution in [-0.4, -0.2) is 30.3 Å². The van der Waals surface area contributed by atoms with Crippen LogP contribution in [0, 0.1) is 0 Å². The molecule has 1 aromatic heterocycles. The number of benzene rings is 1. The van der Waals surface area contributed by atoms with Gasteiger partial charge in [-0.25, -0.2) is 9.97 Å². The minimum absolute atomic E-state index is 0.223. The predicted octanol–water partition coefficient (Wildman–Crippen LogP) is 3.28. The van der Waals surface area contributed by atoms with Gasteiger partial charge in [-0.15, -0.1) is 0 Å². The molecule has 6 heteroatoms. The van der Waals surface area contributed by atoms with Crippen LogP contribution in [0.1, 0.15) is 18.9 Å². The van der Waals surface area contributed by atoms with Crippen molar-refractivity contribution in [2.45, 2.75) is 13.0 Å². The first-order chi connectivity index (χ1) is 10.2. The molecular weight excluding hydrogens is 292 g/mol. The Morgan fingerprint density at radius 3 is 2.67 bits per heavy atom. The summed E-state index contributed by atoms with van der Waals surface area (Å²) in [6.45, 7) is 2.99. The van der Waals surface area contributed by atoms with Crippen LogP contribution >= 0.6 is 11.6 Å². The quantitative estimate of drug-likeness (QED) is 0.815. The van der Waals surface area contributed by atoms with Crippen LogP contribution in [0.5, 0.6) is 11.5 Å². The van der Waals surface area contributed by atoms with E-state index >= 15 is 0 Å². The molecule has 0 radical (unpaired) electrons. The van der Waals surface area contributed by atoms with E-state index in [9.17, 15) is 0 Å². The zero-order chi connectivity index (χ0) is 14.8. The standard InChI is InChI=1S/C15H15ClN2O3/c1-9(19-2)15-17-11(8-14(16)18-15)10-3-4-12-13(7-10)21-6-5-20-12/h3-4,7-9H,5-6H2,1-2H3. The highest BCUT2D eigenvalue weighted by Crippen LogP contribution is 2.34. The largest absolute Gasteiger partial charge is 0.486 e. The Balaban J connectivity index is 2.01. The molecular formula is C15H15ClN2O3. The molecule has 1 aromatic carbocycles. The molecule has 3 rings (SSSR count). The predicted molar refractivity (Wildman–Crippen MR) is 78.9 cm³/mol. The van der Waals surface area contributed by atoms with Crippen molar-refractivity contribution >= 4 is 11.6 Å². The summed E-state index contributed by atoms with van der Waals surface area (Å²) in [6.07, 6.45) is -0.223. The highest BCUT2D eigenvalue weighted by molar-refractivity contribution is 6.29. The Labute approximate surface area is 127 Å². The Morgan fingerprint density at radius 1 is 1.14 bits per heavy atom. The number of ether oxygens (including phenoxy) is 3. The number of methoxy groups -OCH3 is 1. The fraction of sp³-hybridized carbons (Fsp3) is 0.333. The van der Waals surface area contributed by atoms with Gasteiger partial charge in [-0.1, -0.05) is 11.6 Å². The molecule has 2 aromatic rings. The van der Waals surface area contributed by atoms with Gasteiger partial charge in [-0.3, -0.25) is 0 Å². The summed E-state index contributed by atoms with van der Waals surface area (Å²) in [5, 5.41) is 0.383. The number of nitrogens with zero attached hydrogens (tertiary/aromatic N) is 2. The van der Waals surface area contributed by atoms with Crippen LogP contribution in [0.15, 0.2) is 24.3 Å². The van der Waals surface area contributed by atoms with E-state index in [0.29, 0.717) is 24.2 Å². The summed E-state index contributed by atoms with van der Waals surface area (Å²) in [6, 6.07) is 7.42. The summed E-state index contributed by atoms with van der Waals surface area (Å²) in [5.41, 5.74) is 1.62. The van der Waals surface area contributed by atoms with Crippen molar-refractivity contribution < 1.29 is 14.2 Å². The van der Waals surface area contributed by atoms with Gasteiger partial charge in [-0.05, 0) is 25.1 Å². The highest BCUT2D eigenvalue weighted by atomic mass is 35.5. The monoisotopic (exact) mass is 306 g/mol. The second-order valence-corrected chi connectivity index (χ2v) is 5.06. The zero-order valence-electron chi connectivity index (χ0n) is 11.8. The number of hydrogen-bond donors (Lipinski definition) is 0. The normalized spacial score (nSPS) is 14.8. The maximum absolute atomic E-state index is 6.08. The number of aromatic nitrogens is 2. The average Bonchev–Trinajstić information content (AvgIpc) is 2.53. The molecule has 1 atom stereocenters. The summed E-state index contributed by atoms with van der Waals surface area (Å²) < 4.78 is 16.3. The number of fused-ring (bicyclic) bond motifs is 1. The van der Waals surface area contributed by atoms with Crippen molar-refractivity contribution in [2.24, 2.45) is 0 Å². The van der Waals surface area contributed by atoms with Crippen molar-refractivity contribution in [3.8, 4) is 22.8 Å². The first-order valence-electron chi connectivity index (χ1n) is 6.64. The van der Waals surface area contributed by atoms with Gasteiger partial charge in [0.15, 0.2) is 17.3 Å². The number of halogens is 1. The van der Waals surface area contributed by atoms with Crippen LogP contribution in [0.4, 0.5) is 0 Å². The first-order valence-corrected chi connectivity index (χ1v) is 7.02. The third-order valence-electron chi connectivity index (χ3n) is 3.27. The lowest BCUT2D eigenvalue weighted by atomic mass is 10.1. The molecule has 1 aliphatic rings. The third kappa shape index (κ3) is 2.94. The molecule has 0 aliphatic carbocycles. The van der Waals surface area contributed by atoms with E-state index in [2.05, 4.69) is 9.97 Å². The third-order valence-corrected chi connectivity index (χ3v) is 3.46. The molecule has 110 valence electrons. The number of hydrogen-bond acceptors (Lipinski definition) is 5. The Kier molecular flexibility index (Phi) is 3.94. The second-order valence-electron chi connectivity index (χ2n) is 4.67. The average molecular weight is 307 g/mol. The van der Waals surface area contributed by atoms with Crippen LogP contribution in [-0.2, 0) is 4.74 Å². The lowest BCUT2D eigenvalue weighted by Gasteiger charge is -2.19. The van der Waals surface area contributed by atoms with Gasteiger partial charge < -0.3 is 14.2 Å². The highest BCUT2D eigenvalue weighted by Gasteiger charge is 2.15. The molecule has 1 aliphatic heterocycles. The van der Waals surface area contributed by atoms with Gasteiger partial charge in [0.05, 0.1) is 5.69 Å². The van der Waals surface area contributed by atoms with Crippen molar-refractivity contribution in [3.05, 3.63) is 35.2 Å². The van der Waals surface area contributed by atoms with E-state index < -0.39 is 0 Å². The minimum Gasteiger partial charge on any atom is -0.486 e. The molecule has 0 bridgehead atoms. The maximum Gasteiger partial charge on any atom is 0.162 e. The molecule has 0 amide bonds. The molecule has 2 heterocycles. The van der Waals surface area contributed by atoms with Crippen LogP contribution in [0.3, 0.4) is 0 Å². The van der Waals surface area contributed by atoms with Crippen LogP contribution in [0.2, 0.25) is 5.15 Å². The van der Waals surface area contributed by atoms with Gasteiger partial charge in [0.1, 0.15) is 24.5 Å². The smallest absolute Gasteiger partial charge is 0.162 e. The summed E-state index contributed by atoms with van der Waals surface area (Å²) in [7, 11) is 1.61. The molecule has 21 heavy (non-hydrogen) atoms. The van der Waals surface area contributed by atoms with E-state index in [1.165, 1.54) is 0 Å². The van der Waals surface area contributed by atoms with Crippen LogP contribution in [0.25, 0.3) is 11.3 Å². The lowest BCUT2D eigenvalue weighted by Crippen LogP contribution is -2.15. The maximum atomic E-state index is 6.08. The van der Waals surface area contributed by atoms with E-state index in [4.69, 9.17) is 25.8 Å². The van der Waals surface area contributed by atoms with Gasteiger partial charge >= 0.3 is 0 Å². The van der Waals surface area contributed by atoms with E-state index in [0.717, 1.165) is 22.8 Å². The molecule has 1 unspecified atom stereocenters. The van der Waals surface area contributed by atoms with Crippen molar-refractivity contribution in [3.63, 3.8) is 0 Å². The molecule has 0 fully saturated rings. The second kappa shape index (κ2) is 5.87. The van der Waals surface area contributed by atoms with E-state index in [1.54, 1.807) is 13.2 Å². The Bertz CT molecular complexity index is 663. The Hall–Kier alpha value is -1.85. The van der Waals surface area contributed by atoms with Gasteiger partial charge in [0.25, 0.3) is 0 Å². The Morgan fingerprint density at radius 2 is 1.90 bits per heavy atom. The molecule has 0 saturated heterocycles. The molecule has 0 saturated carbocycles. The van der Waals surface area contributed by atoms with Crippen molar-refractivity contribution in [1.82, 2.24) is 9.97 Å².